The molecule has 4 aliphatic rings. The highest BCUT2D eigenvalue weighted by molar-refractivity contribution is 5.31. The van der Waals surface area contributed by atoms with Crippen LogP contribution < -0.4 is 0 Å². The zero-order valence-electron chi connectivity index (χ0n) is 13.4. The summed E-state index contributed by atoms with van der Waals surface area (Å²) in [5.41, 5.74) is -2.51. The van der Waals surface area contributed by atoms with Gasteiger partial charge in [-0.05, 0) is 13.0 Å². The van der Waals surface area contributed by atoms with Gasteiger partial charge in [0.25, 0.3) is 0 Å². The Balaban J connectivity index is 1.59. The van der Waals surface area contributed by atoms with Gasteiger partial charge in [-0.25, -0.2) is 0 Å². The van der Waals surface area contributed by atoms with Crippen molar-refractivity contribution in [2.45, 2.75) is 67.3 Å². The summed E-state index contributed by atoms with van der Waals surface area (Å²) in [5.74, 6) is -0.805. The number of rotatable bonds is 3. The molecule has 0 amide bonds. The fraction of sp³-hybridized carbons (Fsp3) is 0.867. The highest BCUT2D eigenvalue weighted by Crippen LogP contribution is 2.61. The Morgan fingerprint density at radius 1 is 1.16 bits per heavy atom. The van der Waals surface area contributed by atoms with Crippen molar-refractivity contribution < 1.29 is 49.6 Å². The van der Waals surface area contributed by atoms with Gasteiger partial charge in [-0.3, -0.25) is 0 Å². The Morgan fingerprint density at radius 2 is 1.88 bits per heavy atom. The average Bonchev–Trinajstić information content (AvgIpc) is 3.21. The molecule has 3 aliphatic heterocycles. The molecule has 0 radical (unpaired) electrons. The molecule has 4 rings (SSSR count). The smallest absolute Gasteiger partial charge is 0.208 e. The lowest BCUT2D eigenvalue weighted by Crippen LogP contribution is -2.62. The van der Waals surface area contributed by atoms with Crippen LogP contribution in [0.15, 0.2) is 12.3 Å². The Bertz CT molecular complexity index is 569. The molecule has 0 bridgehead atoms. The van der Waals surface area contributed by atoms with E-state index in [0.29, 0.717) is 0 Å². The first-order valence-corrected chi connectivity index (χ1v) is 8.11. The van der Waals surface area contributed by atoms with Gasteiger partial charge >= 0.3 is 0 Å². The van der Waals surface area contributed by atoms with E-state index in [9.17, 15) is 30.6 Å². The summed E-state index contributed by atoms with van der Waals surface area (Å²) in [4.78, 5) is 0. The highest BCUT2D eigenvalue weighted by atomic mass is 16.7. The molecule has 25 heavy (non-hydrogen) atoms. The van der Waals surface area contributed by atoms with E-state index in [-0.39, 0.29) is 0 Å². The number of fused-ring (bicyclic) bond motifs is 3. The minimum atomic E-state index is -1.67. The van der Waals surface area contributed by atoms with Gasteiger partial charge in [-0.2, -0.15) is 0 Å². The van der Waals surface area contributed by atoms with Gasteiger partial charge in [-0.15, -0.1) is 0 Å². The van der Waals surface area contributed by atoms with Gasteiger partial charge < -0.3 is 49.6 Å². The number of ether oxygens (including phenoxy) is 4. The number of epoxide rings is 1. The van der Waals surface area contributed by atoms with E-state index in [4.69, 9.17) is 18.9 Å². The Hall–Kier alpha value is -0.820. The van der Waals surface area contributed by atoms with Crippen LogP contribution in [0.2, 0.25) is 0 Å². The lowest BCUT2D eigenvalue weighted by Gasteiger charge is -2.45. The van der Waals surface area contributed by atoms with E-state index in [1.807, 2.05) is 0 Å². The second-order valence-corrected chi connectivity index (χ2v) is 7.17. The molecule has 0 unspecified atom stereocenters. The second-order valence-electron chi connectivity index (χ2n) is 7.17. The van der Waals surface area contributed by atoms with E-state index in [2.05, 4.69) is 0 Å². The fourth-order valence-corrected chi connectivity index (χ4v) is 4.25. The first kappa shape index (κ1) is 17.6. The van der Waals surface area contributed by atoms with E-state index in [0.717, 1.165) is 0 Å². The Labute approximate surface area is 142 Å². The molecular weight excluding hydrogens is 340 g/mol. The second kappa shape index (κ2) is 5.59. The molecule has 0 aromatic heterocycles. The summed E-state index contributed by atoms with van der Waals surface area (Å²) in [6, 6.07) is 0. The van der Waals surface area contributed by atoms with Gasteiger partial charge in [0.15, 0.2) is 6.29 Å². The van der Waals surface area contributed by atoms with Crippen molar-refractivity contribution >= 4 is 0 Å². The first-order valence-electron chi connectivity index (χ1n) is 8.11. The number of hydrogen-bond donors (Lipinski definition) is 6. The lowest BCUT2D eigenvalue weighted by atomic mass is 9.82. The van der Waals surface area contributed by atoms with E-state index in [1.165, 1.54) is 12.3 Å². The third kappa shape index (κ3) is 2.30. The van der Waals surface area contributed by atoms with Crippen LogP contribution in [0.25, 0.3) is 0 Å². The van der Waals surface area contributed by atoms with E-state index < -0.39 is 72.9 Å². The van der Waals surface area contributed by atoms with Crippen molar-refractivity contribution in [3.63, 3.8) is 0 Å². The van der Waals surface area contributed by atoms with Crippen molar-refractivity contribution in [2.75, 3.05) is 6.61 Å². The molecule has 3 heterocycles. The third-order valence-electron chi connectivity index (χ3n) is 5.72. The monoisotopic (exact) mass is 362 g/mol. The normalized spacial score (nSPS) is 59.9. The molecule has 142 valence electrons. The SMILES string of the molecule is C[C@]12O[C@H]1[C@H](O)[C@]1(O)C=CO[C@@H](O[C@H]3[C@H](O)[C@H](O)[C@H](O)O[C@H]3CO)[C@@H]12. The molecule has 0 spiro atoms. The zero-order chi connectivity index (χ0) is 18.1. The maximum Gasteiger partial charge on any atom is 0.208 e. The van der Waals surface area contributed by atoms with Crippen LogP contribution >= 0.6 is 0 Å². The van der Waals surface area contributed by atoms with Gasteiger partial charge in [0, 0.05) is 0 Å². The Kier molecular flexibility index (Phi) is 3.93. The molecule has 0 aromatic carbocycles. The van der Waals surface area contributed by atoms with Crippen molar-refractivity contribution in [2.24, 2.45) is 5.92 Å². The van der Waals surface area contributed by atoms with Crippen LogP contribution in [0, 0.1) is 5.92 Å². The first-order chi connectivity index (χ1) is 11.7. The maximum atomic E-state index is 10.8. The molecule has 3 fully saturated rings. The summed E-state index contributed by atoms with van der Waals surface area (Å²) in [6.45, 7) is 1.13. The fourth-order valence-electron chi connectivity index (χ4n) is 4.25. The van der Waals surface area contributed by atoms with Crippen molar-refractivity contribution in [3.8, 4) is 0 Å². The average molecular weight is 362 g/mol. The summed E-state index contributed by atoms with van der Waals surface area (Å²) in [7, 11) is 0. The van der Waals surface area contributed by atoms with Crippen molar-refractivity contribution in [1.29, 1.82) is 0 Å². The molecular formula is C15H22O10. The van der Waals surface area contributed by atoms with Crippen LogP contribution in [0.1, 0.15) is 6.92 Å². The summed E-state index contributed by atoms with van der Waals surface area (Å²) >= 11 is 0. The maximum absolute atomic E-state index is 10.8. The summed E-state index contributed by atoms with van der Waals surface area (Å²) < 4.78 is 21.7. The molecule has 10 heteroatoms. The standard InChI is InChI=1S/C15H22O10/c1-14-9-13(22-3-2-15(9,21)10(19)11(14)25-14)24-8-5(4-16)23-12(20)7(18)6(8)17/h2-3,5-13,16-21H,4H2,1H3/t5-,6+,7-,8+,9+,10-,11-,12+,13-,14+,15-/m0/s1. The minimum Gasteiger partial charge on any atom is -0.472 e. The van der Waals surface area contributed by atoms with Crippen LogP contribution in [0.5, 0.6) is 0 Å². The quantitative estimate of drug-likeness (QED) is 0.278. The number of hydrogen-bond acceptors (Lipinski definition) is 10. The molecule has 2 saturated heterocycles. The zero-order valence-corrected chi connectivity index (χ0v) is 13.4. The molecule has 11 atom stereocenters. The van der Waals surface area contributed by atoms with Crippen molar-refractivity contribution in [1.82, 2.24) is 0 Å². The minimum absolute atomic E-state index is 0.575. The van der Waals surface area contributed by atoms with E-state index in [1.54, 1.807) is 6.92 Å². The van der Waals surface area contributed by atoms with E-state index >= 15 is 0 Å². The summed E-state index contributed by atoms with van der Waals surface area (Å²) in [6.07, 6.45) is -7.57. The highest BCUT2D eigenvalue weighted by Gasteiger charge is 2.79. The van der Waals surface area contributed by atoms with Crippen molar-refractivity contribution in [3.05, 3.63) is 12.3 Å². The summed E-state index contributed by atoms with van der Waals surface area (Å²) in [5, 5.41) is 60.1. The molecule has 10 nitrogen and oxygen atoms in total. The van der Waals surface area contributed by atoms with Crippen LogP contribution in [0.4, 0.5) is 0 Å². The number of aliphatic hydroxyl groups is 6. The van der Waals surface area contributed by atoms with Crippen LogP contribution in [-0.4, -0.2) is 97.7 Å². The van der Waals surface area contributed by atoms with Gasteiger partial charge in [0.2, 0.25) is 6.29 Å². The molecule has 6 N–H and O–H groups in total. The van der Waals surface area contributed by atoms with Gasteiger partial charge in [0.1, 0.15) is 47.8 Å². The molecule has 1 saturated carbocycles. The lowest BCUT2D eigenvalue weighted by molar-refractivity contribution is -0.328. The van der Waals surface area contributed by atoms with Crippen LogP contribution in [0.3, 0.4) is 0 Å². The molecule has 1 aliphatic carbocycles. The predicted octanol–water partition coefficient (Wildman–Crippen LogP) is -3.45. The third-order valence-corrected chi connectivity index (χ3v) is 5.72. The van der Waals surface area contributed by atoms with Gasteiger partial charge in [-0.1, -0.05) is 0 Å². The van der Waals surface area contributed by atoms with Crippen LogP contribution in [-0.2, 0) is 18.9 Å². The largest absolute Gasteiger partial charge is 0.472 e. The topological polar surface area (TPSA) is 162 Å². The van der Waals surface area contributed by atoms with Gasteiger partial charge in [0.05, 0.1) is 18.8 Å². The Morgan fingerprint density at radius 3 is 2.56 bits per heavy atom. The predicted molar refractivity (Wildman–Crippen MR) is 76.6 cm³/mol. The molecule has 0 aromatic rings. The number of aliphatic hydroxyl groups excluding tert-OH is 5.